The van der Waals surface area contributed by atoms with Crippen LogP contribution in [0, 0.1) is 13.8 Å². The maximum Gasteiger partial charge on any atom is 0.219 e. The fraction of sp³-hybridized carbons (Fsp3) is 0.500. The molecule has 0 atom stereocenters. The fourth-order valence-electron chi connectivity index (χ4n) is 1.46. The first-order valence-electron chi connectivity index (χ1n) is 5.85. The van der Waals surface area contributed by atoms with E-state index in [1.54, 1.807) is 0 Å². The van der Waals surface area contributed by atoms with E-state index < -0.39 is 0 Å². The predicted octanol–water partition coefficient (Wildman–Crippen LogP) is 2.88. The lowest BCUT2D eigenvalue weighted by atomic mass is 10.0. The summed E-state index contributed by atoms with van der Waals surface area (Å²) in [6, 6.07) is 5.92. The summed E-state index contributed by atoms with van der Waals surface area (Å²) in [5.41, 5.74) is 3.15. The second kappa shape index (κ2) is 5.69. The van der Waals surface area contributed by atoms with Crippen molar-refractivity contribution in [3.8, 4) is 0 Å². The average molecular weight is 252 g/mol. The van der Waals surface area contributed by atoms with Gasteiger partial charge in [-0.25, -0.2) is 0 Å². The van der Waals surface area contributed by atoms with Gasteiger partial charge in [0.15, 0.2) is 0 Å². The van der Waals surface area contributed by atoms with E-state index in [1.807, 2.05) is 32.0 Å². The molecule has 0 aliphatic heterocycles. The monoisotopic (exact) mass is 252 g/mol. The molecule has 0 spiro atoms. The van der Waals surface area contributed by atoms with E-state index in [4.69, 9.17) is 0 Å². The molecule has 0 N–H and O–H groups in total. The minimum Gasteiger partial charge on any atom is -0.330 e. The van der Waals surface area contributed by atoms with Crippen LogP contribution in [-0.4, -0.2) is 43.0 Å². The first kappa shape index (κ1) is 14.3. The highest BCUT2D eigenvalue weighted by molar-refractivity contribution is 8.14. The SMILES string of the molecule is Cc1cccc(C(=O)SCC[N+](C)(C)C)c1C. The molecule has 0 radical (unpaired) electrons. The maximum atomic E-state index is 12.1. The van der Waals surface area contributed by atoms with Gasteiger partial charge in [-0.15, -0.1) is 0 Å². The number of hydrogen-bond donors (Lipinski definition) is 0. The summed E-state index contributed by atoms with van der Waals surface area (Å²) in [4.78, 5) is 12.1. The third-order valence-electron chi connectivity index (χ3n) is 2.82. The molecule has 2 nitrogen and oxygen atoms in total. The van der Waals surface area contributed by atoms with Crippen molar-refractivity contribution in [1.29, 1.82) is 0 Å². The van der Waals surface area contributed by atoms with Crippen LogP contribution in [-0.2, 0) is 0 Å². The highest BCUT2D eigenvalue weighted by Crippen LogP contribution is 2.19. The first-order valence-corrected chi connectivity index (χ1v) is 6.83. The summed E-state index contributed by atoms with van der Waals surface area (Å²) in [5, 5.41) is 0.194. The van der Waals surface area contributed by atoms with E-state index >= 15 is 0 Å². The van der Waals surface area contributed by atoms with Crippen molar-refractivity contribution < 1.29 is 9.28 Å². The van der Waals surface area contributed by atoms with Crippen LogP contribution in [0.15, 0.2) is 18.2 Å². The van der Waals surface area contributed by atoms with Crippen LogP contribution in [0.4, 0.5) is 0 Å². The van der Waals surface area contributed by atoms with Crippen molar-refractivity contribution in [2.45, 2.75) is 13.8 Å². The Balaban J connectivity index is 2.62. The molecule has 1 aromatic carbocycles. The standard InChI is InChI=1S/C14H22NOS/c1-11-7-6-8-13(12(11)2)14(16)17-10-9-15(3,4)5/h6-8H,9-10H2,1-5H3/q+1. The molecule has 94 valence electrons. The molecule has 0 bridgehead atoms. The Labute approximate surface area is 109 Å². The molecule has 17 heavy (non-hydrogen) atoms. The van der Waals surface area contributed by atoms with Crippen molar-refractivity contribution >= 4 is 16.9 Å². The van der Waals surface area contributed by atoms with Gasteiger partial charge in [-0.1, -0.05) is 30.0 Å². The van der Waals surface area contributed by atoms with Gasteiger partial charge in [0.25, 0.3) is 0 Å². The normalized spacial score (nSPS) is 11.6. The summed E-state index contributed by atoms with van der Waals surface area (Å²) in [7, 11) is 6.43. The number of thioether (sulfide) groups is 1. The molecule has 0 heterocycles. The number of benzene rings is 1. The third kappa shape index (κ3) is 4.52. The lowest BCUT2D eigenvalue weighted by Gasteiger charge is -2.23. The minimum atomic E-state index is 0.194. The molecule has 0 amide bonds. The van der Waals surface area contributed by atoms with Gasteiger partial charge in [-0.3, -0.25) is 4.79 Å². The zero-order valence-electron chi connectivity index (χ0n) is 11.4. The Bertz CT molecular complexity index is 407. The molecule has 0 aromatic heterocycles. The van der Waals surface area contributed by atoms with Crippen molar-refractivity contribution in [2.75, 3.05) is 33.4 Å². The van der Waals surface area contributed by atoms with E-state index in [2.05, 4.69) is 21.1 Å². The van der Waals surface area contributed by atoms with Crippen molar-refractivity contribution in [3.63, 3.8) is 0 Å². The lowest BCUT2D eigenvalue weighted by molar-refractivity contribution is -0.867. The van der Waals surface area contributed by atoms with Gasteiger partial charge >= 0.3 is 0 Å². The molecular formula is C14H22NOS+. The summed E-state index contributed by atoms with van der Waals surface area (Å²) in [5.74, 6) is 0.871. The quantitative estimate of drug-likeness (QED) is 0.767. The van der Waals surface area contributed by atoms with Gasteiger partial charge in [0.1, 0.15) is 0 Å². The average Bonchev–Trinajstić information content (AvgIpc) is 2.20. The second-order valence-corrected chi connectivity index (χ2v) is 6.47. The summed E-state index contributed by atoms with van der Waals surface area (Å²) in [6.45, 7) is 5.06. The summed E-state index contributed by atoms with van der Waals surface area (Å²) < 4.78 is 0.896. The van der Waals surface area contributed by atoms with E-state index in [0.717, 1.165) is 27.9 Å². The highest BCUT2D eigenvalue weighted by Gasteiger charge is 2.13. The molecule has 0 unspecified atom stereocenters. The maximum absolute atomic E-state index is 12.1. The van der Waals surface area contributed by atoms with E-state index in [0.29, 0.717) is 0 Å². The van der Waals surface area contributed by atoms with Crippen LogP contribution < -0.4 is 0 Å². The molecule has 0 aliphatic carbocycles. The number of quaternary nitrogens is 1. The minimum absolute atomic E-state index is 0.194. The number of rotatable bonds is 4. The van der Waals surface area contributed by atoms with Gasteiger partial charge in [0.05, 0.1) is 33.4 Å². The Morgan fingerprint density at radius 3 is 2.47 bits per heavy atom. The van der Waals surface area contributed by atoms with Crippen molar-refractivity contribution in [2.24, 2.45) is 0 Å². The zero-order valence-corrected chi connectivity index (χ0v) is 12.2. The van der Waals surface area contributed by atoms with Crippen LogP contribution in [0.25, 0.3) is 0 Å². The number of carbonyl (C=O) groups is 1. The Hall–Kier alpha value is -0.800. The molecule has 3 heteroatoms. The first-order chi connectivity index (χ1) is 7.81. The number of hydrogen-bond acceptors (Lipinski definition) is 2. The van der Waals surface area contributed by atoms with Crippen LogP contribution in [0.2, 0.25) is 0 Å². The Morgan fingerprint density at radius 1 is 1.24 bits per heavy atom. The van der Waals surface area contributed by atoms with Crippen molar-refractivity contribution in [1.82, 2.24) is 0 Å². The summed E-state index contributed by atoms with van der Waals surface area (Å²) >= 11 is 1.42. The largest absolute Gasteiger partial charge is 0.330 e. The van der Waals surface area contributed by atoms with Gasteiger partial charge < -0.3 is 4.48 Å². The molecule has 0 saturated heterocycles. The Kier molecular flexibility index (Phi) is 4.78. The van der Waals surface area contributed by atoms with Crippen LogP contribution in [0.1, 0.15) is 21.5 Å². The number of aryl methyl sites for hydroxylation is 1. The van der Waals surface area contributed by atoms with Crippen LogP contribution >= 0.6 is 11.8 Å². The van der Waals surface area contributed by atoms with Gasteiger partial charge in [-0.2, -0.15) is 0 Å². The van der Waals surface area contributed by atoms with Crippen LogP contribution in [0.5, 0.6) is 0 Å². The number of carbonyl (C=O) groups excluding carboxylic acids is 1. The van der Waals surface area contributed by atoms with Crippen molar-refractivity contribution in [3.05, 3.63) is 34.9 Å². The lowest BCUT2D eigenvalue weighted by Crippen LogP contribution is -2.36. The van der Waals surface area contributed by atoms with Crippen LogP contribution in [0.3, 0.4) is 0 Å². The van der Waals surface area contributed by atoms with Gasteiger partial charge in [-0.05, 0) is 25.0 Å². The molecule has 0 saturated carbocycles. The second-order valence-electron chi connectivity index (χ2n) is 5.40. The smallest absolute Gasteiger partial charge is 0.219 e. The third-order valence-corrected chi connectivity index (χ3v) is 3.69. The molecule has 1 aromatic rings. The molecular weight excluding hydrogens is 230 g/mol. The zero-order chi connectivity index (χ0) is 13.1. The predicted molar refractivity (Wildman–Crippen MR) is 75.6 cm³/mol. The van der Waals surface area contributed by atoms with Gasteiger partial charge in [0, 0.05) is 5.56 Å². The Morgan fingerprint density at radius 2 is 1.88 bits per heavy atom. The van der Waals surface area contributed by atoms with E-state index in [-0.39, 0.29) is 5.12 Å². The molecule has 0 aliphatic rings. The van der Waals surface area contributed by atoms with Gasteiger partial charge in [0.2, 0.25) is 5.12 Å². The van der Waals surface area contributed by atoms with E-state index in [9.17, 15) is 4.79 Å². The topological polar surface area (TPSA) is 17.1 Å². The number of nitrogens with zero attached hydrogens (tertiary/aromatic N) is 1. The molecule has 0 fully saturated rings. The van der Waals surface area contributed by atoms with E-state index in [1.165, 1.54) is 17.3 Å². The molecule has 1 rings (SSSR count). The fourth-order valence-corrected chi connectivity index (χ4v) is 2.66. The summed E-state index contributed by atoms with van der Waals surface area (Å²) in [6.07, 6.45) is 0. The highest BCUT2D eigenvalue weighted by atomic mass is 32.2.